The molecule has 1 aromatic carbocycles. The Morgan fingerprint density at radius 3 is 2.86 bits per heavy atom. The average molecular weight is 323 g/mol. The first-order chi connectivity index (χ1) is 10.8. The van der Waals surface area contributed by atoms with E-state index < -0.39 is 0 Å². The van der Waals surface area contributed by atoms with Gasteiger partial charge in [0.1, 0.15) is 24.4 Å². The van der Waals surface area contributed by atoms with Crippen molar-refractivity contribution >= 4 is 17.5 Å². The van der Waals surface area contributed by atoms with Gasteiger partial charge in [0, 0.05) is 6.07 Å². The summed E-state index contributed by atoms with van der Waals surface area (Å²) < 4.78 is 16.3. The van der Waals surface area contributed by atoms with Gasteiger partial charge >= 0.3 is 0 Å². The fourth-order valence-electron chi connectivity index (χ4n) is 2.25. The summed E-state index contributed by atoms with van der Waals surface area (Å²) in [6.45, 7) is 1.07. The lowest BCUT2D eigenvalue weighted by atomic mass is 10.2. The fraction of sp³-hybridized carbons (Fsp3) is 0.333. The molecule has 1 aromatic heterocycles. The first-order valence-electron chi connectivity index (χ1n) is 6.87. The van der Waals surface area contributed by atoms with Crippen molar-refractivity contribution in [3.63, 3.8) is 0 Å². The predicted molar refractivity (Wildman–Crippen MR) is 79.0 cm³/mol. The van der Waals surface area contributed by atoms with Crippen molar-refractivity contribution in [3.8, 4) is 11.5 Å². The van der Waals surface area contributed by atoms with Gasteiger partial charge in [-0.25, -0.2) is 0 Å². The Morgan fingerprint density at radius 1 is 1.32 bits per heavy atom. The second-order valence-corrected chi connectivity index (χ2v) is 5.16. The van der Waals surface area contributed by atoms with Gasteiger partial charge in [-0.3, -0.25) is 4.79 Å². The van der Waals surface area contributed by atoms with Gasteiger partial charge in [0.25, 0.3) is 0 Å². The minimum absolute atomic E-state index is 0.0952. The Balaban J connectivity index is 1.67. The van der Waals surface area contributed by atoms with E-state index in [1.165, 1.54) is 6.26 Å². The van der Waals surface area contributed by atoms with Crippen LogP contribution in [0.15, 0.2) is 41.1 Å². The molecule has 22 heavy (non-hydrogen) atoms. The van der Waals surface area contributed by atoms with E-state index in [1.807, 2.05) is 24.3 Å². The second-order valence-electron chi connectivity index (χ2n) is 4.90. The van der Waals surface area contributed by atoms with Crippen LogP contribution in [0, 0.1) is 0 Å². The quantitative estimate of drug-likeness (QED) is 0.789. The molecule has 0 saturated carbocycles. The van der Waals surface area contributed by atoms with Gasteiger partial charge in [-0.15, -0.1) is 11.6 Å². The van der Waals surface area contributed by atoms with Gasteiger partial charge in [-0.05, 0) is 12.1 Å². The van der Waals surface area contributed by atoms with Crippen molar-refractivity contribution in [3.05, 3.63) is 42.3 Å². The molecule has 2 aromatic rings. The van der Waals surface area contributed by atoms with Crippen LogP contribution in [0.2, 0.25) is 0 Å². The summed E-state index contributed by atoms with van der Waals surface area (Å²) in [5.41, 5.74) is 0.663. The third-order valence-corrected chi connectivity index (χ3v) is 3.53. The Morgan fingerprint density at radius 2 is 2.14 bits per heavy atom. The van der Waals surface area contributed by atoms with E-state index in [-0.39, 0.29) is 17.9 Å². The summed E-state index contributed by atoms with van der Waals surface area (Å²) in [6.07, 6.45) is 1.21. The summed E-state index contributed by atoms with van der Waals surface area (Å²) in [7, 11) is 0. The van der Waals surface area contributed by atoms with E-state index in [0.29, 0.717) is 36.9 Å². The zero-order chi connectivity index (χ0) is 15.4. The molecule has 1 aliphatic rings. The molecule has 0 radical (unpaired) electrons. The van der Waals surface area contributed by atoms with Crippen molar-refractivity contribution in [2.24, 2.45) is 0 Å². The number of aromatic nitrogens is 1. The van der Waals surface area contributed by atoms with Crippen LogP contribution in [0.25, 0.3) is 0 Å². The molecule has 0 fully saturated rings. The number of fused-ring (bicyclic) bond motifs is 1. The van der Waals surface area contributed by atoms with Crippen molar-refractivity contribution in [2.75, 3.05) is 19.0 Å². The van der Waals surface area contributed by atoms with Crippen LogP contribution in [-0.2, 0) is 11.3 Å². The first-order valence-corrected chi connectivity index (χ1v) is 7.41. The molecule has 7 heteroatoms. The lowest BCUT2D eigenvalue weighted by Gasteiger charge is -2.30. The molecule has 0 bridgehead atoms. The number of amides is 1. The number of carbonyl (C=O) groups excluding carboxylic acids is 1. The molecule has 1 unspecified atom stereocenters. The zero-order valence-corrected chi connectivity index (χ0v) is 12.5. The molecule has 1 atom stereocenters. The lowest BCUT2D eigenvalue weighted by molar-refractivity contribution is -0.130. The third kappa shape index (κ3) is 3.33. The number of hydrogen-bond donors (Lipinski definition) is 0. The highest BCUT2D eigenvalue weighted by molar-refractivity contribution is 6.27. The van der Waals surface area contributed by atoms with Crippen molar-refractivity contribution in [1.29, 1.82) is 0 Å². The molecule has 116 valence electrons. The maximum Gasteiger partial charge on any atom is 0.237 e. The van der Waals surface area contributed by atoms with Crippen LogP contribution in [0.4, 0.5) is 0 Å². The molecule has 0 aliphatic carbocycles. The van der Waals surface area contributed by atoms with E-state index in [1.54, 1.807) is 11.0 Å². The second kappa shape index (κ2) is 6.70. The van der Waals surface area contributed by atoms with Gasteiger partial charge in [0.2, 0.25) is 5.91 Å². The van der Waals surface area contributed by atoms with Crippen LogP contribution < -0.4 is 9.47 Å². The monoisotopic (exact) mass is 322 g/mol. The fourth-order valence-corrected chi connectivity index (χ4v) is 2.42. The molecule has 2 heterocycles. The third-order valence-electron chi connectivity index (χ3n) is 3.30. The number of carbonyl (C=O) groups is 1. The maximum atomic E-state index is 12.0. The van der Waals surface area contributed by atoms with E-state index in [4.69, 9.17) is 25.6 Å². The highest BCUT2D eigenvalue weighted by Crippen LogP contribution is 2.31. The molecule has 0 spiro atoms. The maximum absolute atomic E-state index is 12.0. The largest absolute Gasteiger partial charge is 0.486 e. The van der Waals surface area contributed by atoms with Crippen molar-refractivity contribution in [1.82, 2.24) is 10.1 Å². The lowest BCUT2D eigenvalue weighted by Crippen LogP contribution is -2.43. The molecule has 1 aliphatic heterocycles. The van der Waals surface area contributed by atoms with Gasteiger partial charge in [0.05, 0.1) is 13.1 Å². The normalized spacial score (nSPS) is 16.3. The number of hydrogen-bond acceptors (Lipinski definition) is 5. The van der Waals surface area contributed by atoms with E-state index in [9.17, 15) is 4.79 Å². The number of nitrogens with zero attached hydrogens (tertiary/aromatic N) is 2. The average Bonchev–Trinajstić information content (AvgIpc) is 3.06. The van der Waals surface area contributed by atoms with E-state index >= 15 is 0 Å². The highest BCUT2D eigenvalue weighted by atomic mass is 35.5. The summed E-state index contributed by atoms with van der Waals surface area (Å²) in [5.74, 6) is 1.11. The minimum Gasteiger partial charge on any atom is -0.486 e. The van der Waals surface area contributed by atoms with Gasteiger partial charge < -0.3 is 18.9 Å². The number of benzene rings is 1. The SMILES string of the molecule is O=C(CCl)N(Cc1ccon1)CC1COc2ccccc2O1. The molecular formula is C15H15ClN2O4. The molecule has 0 N–H and O–H groups in total. The smallest absolute Gasteiger partial charge is 0.237 e. The number of alkyl halides is 1. The zero-order valence-electron chi connectivity index (χ0n) is 11.8. The Kier molecular flexibility index (Phi) is 4.48. The van der Waals surface area contributed by atoms with E-state index in [0.717, 1.165) is 0 Å². The van der Waals surface area contributed by atoms with Crippen molar-refractivity contribution in [2.45, 2.75) is 12.6 Å². The van der Waals surface area contributed by atoms with Crippen LogP contribution >= 0.6 is 11.6 Å². The number of para-hydroxylation sites is 2. The van der Waals surface area contributed by atoms with Crippen LogP contribution in [0.3, 0.4) is 0 Å². The summed E-state index contributed by atoms with van der Waals surface area (Å²) in [5, 5.41) is 3.82. The first kappa shape index (κ1) is 14.7. The highest BCUT2D eigenvalue weighted by Gasteiger charge is 2.25. The molecule has 6 nitrogen and oxygen atoms in total. The van der Waals surface area contributed by atoms with Crippen LogP contribution in [0.5, 0.6) is 11.5 Å². The predicted octanol–water partition coefficient (Wildman–Crippen LogP) is 2.08. The molecular weight excluding hydrogens is 308 g/mol. The van der Waals surface area contributed by atoms with Crippen molar-refractivity contribution < 1.29 is 18.8 Å². The Hall–Kier alpha value is -2.21. The minimum atomic E-state index is -0.256. The molecule has 0 saturated heterocycles. The number of halogens is 1. The standard InChI is InChI=1S/C15H15ClN2O4/c16-7-15(19)18(8-11-5-6-21-17-11)9-12-10-20-13-3-1-2-4-14(13)22-12/h1-6,12H,7-10H2. The van der Waals surface area contributed by atoms with Gasteiger partial charge in [-0.1, -0.05) is 17.3 Å². The van der Waals surface area contributed by atoms with Crippen LogP contribution in [-0.4, -0.2) is 41.1 Å². The van der Waals surface area contributed by atoms with Gasteiger partial charge in [0.15, 0.2) is 17.6 Å². The molecule has 1 amide bonds. The number of rotatable bonds is 5. The Bertz CT molecular complexity index is 632. The topological polar surface area (TPSA) is 64.8 Å². The van der Waals surface area contributed by atoms with E-state index in [2.05, 4.69) is 5.16 Å². The number of ether oxygens (including phenoxy) is 2. The van der Waals surface area contributed by atoms with Gasteiger partial charge in [-0.2, -0.15) is 0 Å². The Labute approximate surface area is 132 Å². The van der Waals surface area contributed by atoms with Crippen LogP contribution in [0.1, 0.15) is 5.69 Å². The summed E-state index contributed by atoms with van der Waals surface area (Å²) >= 11 is 5.68. The molecule has 3 rings (SSSR count). The summed E-state index contributed by atoms with van der Waals surface area (Å²) in [4.78, 5) is 13.6. The summed E-state index contributed by atoms with van der Waals surface area (Å²) in [6, 6.07) is 9.16.